The zero-order chi connectivity index (χ0) is 18.0. The molecular weight excluding hydrogens is 366 g/mol. The first-order valence-electron chi connectivity index (χ1n) is 7.55. The molecule has 1 amide bonds. The minimum atomic E-state index is -0.664. The SMILES string of the molecule is NC1=C(Nc2ccccn2)CCN(C(=O)c2ccc(F)c(Cl)c2Cl)C1. The van der Waals surface area contributed by atoms with E-state index in [9.17, 15) is 9.18 Å². The van der Waals surface area contributed by atoms with Gasteiger partial charge in [0.05, 0.1) is 22.2 Å². The number of nitrogens with one attached hydrogen (secondary N) is 1. The fourth-order valence-corrected chi connectivity index (χ4v) is 2.96. The van der Waals surface area contributed by atoms with Crippen molar-refractivity contribution in [2.45, 2.75) is 6.42 Å². The number of carbonyl (C=O) groups is 1. The third kappa shape index (κ3) is 3.70. The molecule has 25 heavy (non-hydrogen) atoms. The molecule has 0 aliphatic carbocycles. The van der Waals surface area contributed by atoms with Gasteiger partial charge in [0.15, 0.2) is 0 Å². The van der Waals surface area contributed by atoms with Crippen LogP contribution in [0.5, 0.6) is 0 Å². The van der Waals surface area contributed by atoms with E-state index in [1.807, 2.05) is 18.2 Å². The molecular formula is C17H15Cl2FN4O. The highest BCUT2D eigenvalue weighted by Gasteiger charge is 2.25. The number of pyridine rings is 1. The van der Waals surface area contributed by atoms with E-state index in [0.717, 1.165) is 11.8 Å². The van der Waals surface area contributed by atoms with E-state index < -0.39 is 5.82 Å². The summed E-state index contributed by atoms with van der Waals surface area (Å²) in [5.41, 5.74) is 7.62. The predicted octanol–water partition coefficient (Wildman–Crippen LogP) is 3.66. The number of benzene rings is 1. The molecule has 130 valence electrons. The van der Waals surface area contributed by atoms with Crippen molar-refractivity contribution in [1.29, 1.82) is 0 Å². The van der Waals surface area contributed by atoms with Crippen molar-refractivity contribution < 1.29 is 9.18 Å². The Balaban J connectivity index is 1.76. The van der Waals surface area contributed by atoms with Crippen molar-refractivity contribution >= 4 is 34.9 Å². The van der Waals surface area contributed by atoms with Gasteiger partial charge in [-0.25, -0.2) is 9.37 Å². The number of nitrogens with zero attached hydrogens (tertiary/aromatic N) is 2. The molecule has 1 aliphatic rings. The van der Waals surface area contributed by atoms with Gasteiger partial charge in [0.25, 0.3) is 5.91 Å². The molecule has 0 fully saturated rings. The summed E-state index contributed by atoms with van der Waals surface area (Å²) in [7, 11) is 0. The van der Waals surface area contributed by atoms with Crippen LogP contribution in [0.3, 0.4) is 0 Å². The van der Waals surface area contributed by atoms with Crippen LogP contribution in [0.25, 0.3) is 0 Å². The predicted molar refractivity (Wildman–Crippen MR) is 96.0 cm³/mol. The molecule has 3 N–H and O–H groups in total. The molecule has 0 saturated carbocycles. The van der Waals surface area contributed by atoms with Gasteiger partial charge >= 0.3 is 0 Å². The lowest BCUT2D eigenvalue weighted by Gasteiger charge is -2.30. The monoisotopic (exact) mass is 380 g/mol. The summed E-state index contributed by atoms with van der Waals surface area (Å²) in [6.07, 6.45) is 2.22. The Morgan fingerprint density at radius 1 is 1.24 bits per heavy atom. The molecule has 0 unspecified atom stereocenters. The lowest BCUT2D eigenvalue weighted by atomic mass is 10.1. The average Bonchev–Trinajstić information content (AvgIpc) is 2.62. The Hall–Kier alpha value is -2.31. The number of amides is 1. The maximum absolute atomic E-state index is 13.4. The quantitative estimate of drug-likeness (QED) is 0.797. The van der Waals surface area contributed by atoms with Crippen LogP contribution in [0.1, 0.15) is 16.8 Å². The van der Waals surface area contributed by atoms with Gasteiger partial charge in [0, 0.05) is 30.6 Å². The second-order valence-corrected chi connectivity index (χ2v) is 6.30. The van der Waals surface area contributed by atoms with Gasteiger partial charge in [-0.2, -0.15) is 0 Å². The molecule has 2 heterocycles. The van der Waals surface area contributed by atoms with Crippen LogP contribution in [-0.4, -0.2) is 28.9 Å². The first-order valence-corrected chi connectivity index (χ1v) is 8.31. The Morgan fingerprint density at radius 2 is 2.04 bits per heavy atom. The highest BCUT2D eigenvalue weighted by Crippen LogP contribution is 2.30. The summed E-state index contributed by atoms with van der Waals surface area (Å²) < 4.78 is 13.4. The molecule has 1 aromatic carbocycles. The van der Waals surface area contributed by atoms with Crippen LogP contribution in [0.4, 0.5) is 10.2 Å². The number of anilines is 1. The van der Waals surface area contributed by atoms with E-state index >= 15 is 0 Å². The number of rotatable bonds is 3. The summed E-state index contributed by atoms with van der Waals surface area (Å²) in [4.78, 5) is 18.4. The zero-order valence-electron chi connectivity index (χ0n) is 13.1. The number of carbonyl (C=O) groups excluding carboxylic acids is 1. The summed E-state index contributed by atoms with van der Waals surface area (Å²) >= 11 is 11.8. The molecule has 0 spiro atoms. The third-order valence-electron chi connectivity index (χ3n) is 3.88. The molecule has 3 rings (SSSR count). The van der Waals surface area contributed by atoms with Gasteiger partial charge in [-0.1, -0.05) is 29.3 Å². The Labute approximate surface area is 154 Å². The van der Waals surface area contributed by atoms with Crippen molar-refractivity contribution in [3.63, 3.8) is 0 Å². The smallest absolute Gasteiger partial charge is 0.255 e. The standard InChI is InChI=1S/C17H15Cl2FN4O/c18-15-10(4-5-11(20)16(15)19)17(25)24-8-6-13(12(21)9-24)23-14-3-1-2-7-22-14/h1-5,7H,6,8-9,21H2,(H,22,23). The molecule has 2 aromatic rings. The maximum atomic E-state index is 13.4. The largest absolute Gasteiger partial charge is 0.399 e. The van der Waals surface area contributed by atoms with Crippen LogP contribution in [0, 0.1) is 5.82 Å². The molecule has 8 heteroatoms. The average molecular weight is 381 g/mol. The second-order valence-electron chi connectivity index (χ2n) is 5.54. The fraction of sp³-hybridized carbons (Fsp3) is 0.176. The summed E-state index contributed by atoms with van der Waals surface area (Å²) in [5.74, 6) is -0.316. The maximum Gasteiger partial charge on any atom is 0.255 e. The van der Waals surface area contributed by atoms with E-state index in [2.05, 4.69) is 10.3 Å². The van der Waals surface area contributed by atoms with E-state index in [1.54, 1.807) is 11.1 Å². The van der Waals surface area contributed by atoms with Crippen LogP contribution in [-0.2, 0) is 0 Å². The zero-order valence-corrected chi connectivity index (χ0v) is 14.6. The summed E-state index contributed by atoms with van der Waals surface area (Å²) in [5, 5.41) is 2.82. The second kappa shape index (κ2) is 7.29. The molecule has 0 radical (unpaired) electrons. The first-order chi connectivity index (χ1) is 12.0. The number of hydrogen-bond acceptors (Lipinski definition) is 4. The number of halogens is 3. The van der Waals surface area contributed by atoms with E-state index in [0.29, 0.717) is 24.5 Å². The molecule has 5 nitrogen and oxygen atoms in total. The van der Waals surface area contributed by atoms with Gasteiger partial charge in [-0.3, -0.25) is 4.79 Å². The topological polar surface area (TPSA) is 71.2 Å². The van der Waals surface area contributed by atoms with Crippen molar-refractivity contribution in [2.75, 3.05) is 18.4 Å². The van der Waals surface area contributed by atoms with Crippen molar-refractivity contribution in [2.24, 2.45) is 5.73 Å². The molecule has 0 atom stereocenters. The van der Waals surface area contributed by atoms with E-state index in [1.165, 1.54) is 6.07 Å². The first kappa shape index (κ1) is 17.5. The minimum Gasteiger partial charge on any atom is -0.399 e. The van der Waals surface area contributed by atoms with Crippen molar-refractivity contribution in [3.8, 4) is 0 Å². The van der Waals surface area contributed by atoms with Crippen LogP contribution in [0.15, 0.2) is 47.9 Å². The van der Waals surface area contributed by atoms with Crippen molar-refractivity contribution in [1.82, 2.24) is 9.88 Å². The Kier molecular flexibility index (Phi) is 5.11. The molecule has 0 bridgehead atoms. The lowest BCUT2D eigenvalue weighted by molar-refractivity contribution is 0.0763. The number of aromatic nitrogens is 1. The molecule has 1 aromatic heterocycles. The van der Waals surface area contributed by atoms with Crippen LogP contribution < -0.4 is 11.1 Å². The van der Waals surface area contributed by atoms with Crippen molar-refractivity contribution in [3.05, 3.63) is 69.3 Å². The van der Waals surface area contributed by atoms with Gasteiger partial charge in [-0.05, 0) is 24.3 Å². The lowest BCUT2D eigenvalue weighted by Crippen LogP contribution is -2.40. The van der Waals surface area contributed by atoms with Crippen LogP contribution >= 0.6 is 23.2 Å². The normalized spacial score (nSPS) is 14.6. The summed E-state index contributed by atoms with van der Waals surface area (Å²) in [6, 6.07) is 7.97. The fourth-order valence-electron chi connectivity index (χ4n) is 2.56. The Bertz CT molecular complexity index is 842. The van der Waals surface area contributed by atoms with Gasteiger partial charge < -0.3 is 16.0 Å². The van der Waals surface area contributed by atoms with Gasteiger partial charge in [0.2, 0.25) is 0 Å². The minimum absolute atomic E-state index is 0.0911. The van der Waals surface area contributed by atoms with Gasteiger partial charge in [0.1, 0.15) is 11.6 Å². The van der Waals surface area contributed by atoms with E-state index in [4.69, 9.17) is 28.9 Å². The number of nitrogens with two attached hydrogens (primary N) is 1. The highest BCUT2D eigenvalue weighted by atomic mass is 35.5. The number of hydrogen-bond donors (Lipinski definition) is 2. The highest BCUT2D eigenvalue weighted by molar-refractivity contribution is 6.43. The molecule has 0 saturated heterocycles. The summed E-state index contributed by atoms with van der Waals surface area (Å²) in [6.45, 7) is 0.680. The third-order valence-corrected chi connectivity index (χ3v) is 4.74. The Morgan fingerprint density at radius 3 is 2.72 bits per heavy atom. The van der Waals surface area contributed by atoms with Gasteiger partial charge in [-0.15, -0.1) is 0 Å². The van der Waals surface area contributed by atoms with Crippen LogP contribution in [0.2, 0.25) is 10.0 Å². The molecule has 1 aliphatic heterocycles. The van der Waals surface area contributed by atoms with E-state index in [-0.39, 0.29) is 28.1 Å².